The van der Waals surface area contributed by atoms with E-state index in [1.165, 1.54) is 0 Å². The molecule has 0 spiro atoms. The van der Waals surface area contributed by atoms with E-state index in [0.29, 0.717) is 19.0 Å². The molecule has 5 heteroatoms. The van der Waals surface area contributed by atoms with Crippen molar-refractivity contribution in [3.05, 3.63) is 34.2 Å². The van der Waals surface area contributed by atoms with Crippen molar-refractivity contribution in [2.24, 2.45) is 17.6 Å². The molecule has 3 rings (SSSR count). The zero-order valence-corrected chi connectivity index (χ0v) is 13.4. The van der Waals surface area contributed by atoms with Crippen molar-refractivity contribution in [1.29, 1.82) is 0 Å². The van der Waals surface area contributed by atoms with E-state index in [2.05, 4.69) is 6.92 Å². The maximum atomic E-state index is 12.6. The number of nitrogens with zero attached hydrogens (tertiary/aromatic N) is 2. The smallest absolute Gasteiger partial charge is 0.250 e. The van der Waals surface area contributed by atoms with Gasteiger partial charge in [-0.1, -0.05) is 26.3 Å². The van der Waals surface area contributed by atoms with Gasteiger partial charge in [0.15, 0.2) is 0 Å². The van der Waals surface area contributed by atoms with Crippen LogP contribution in [-0.4, -0.2) is 34.5 Å². The van der Waals surface area contributed by atoms with Crippen LogP contribution in [-0.2, 0) is 11.3 Å². The molecule has 4 atom stereocenters. The minimum Gasteiger partial charge on any atom is -0.340 e. The maximum Gasteiger partial charge on any atom is 0.250 e. The summed E-state index contributed by atoms with van der Waals surface area (Å²) in [5, 5.41) is 0. The van der Waals surface area contributed by atoms with E-state index in [1.807, 2.05) is 28.5 Å². The average Bonchev–Trinajstić information content (AvgIpc) is 2.53. The first-order valence-corrected chi connectivity index (χ1v) is 8.25. The summed E-state index contributed by atoms with van der Waals surface area (Å²) in [5.41, 5.74) is 7.27. The Hall–Kier alpha value is -1.62. The van der Waals surface area contributed by atoms with Gasteiger partial charge in [0, 0.05) is 37.3 Å². The molecule has 2 bridgehead atoms. The number of carbonyl (C=O) groups excluding carboxylic acids is 1. The summed E-state index contributed by atoms with van der Waals surface area (Å²) in [6.45, 7) is 6.21. The van der Waals surface area contributed by atoms with Crippen LogP contribution in [0.4, 0.5) is 0 Å². The van der Waals surface area contributed by atoms with E-state index in [1.54, 1.807) is 6.07 Å². The quantitative estimate of drug-likeness (QED) is 0.911. The molecule has 0 aromatic carbocycles. The van der Waals surface area contributed by atoms with Crippen molar-refractivity contribution in [3.8, 4) is 0 Å². The minimum atomic E-state index is -0.415. The molecule has 0 saturated carbocycles. The molecule has 1 saturated heterocycles. The van der Waals surface area contributed by atoms with Crippen LogP contribution in [0, 0.1) is 11.8 Å². The fraction of sp³-hybridized carbons (Fsp3) is 0.647. The Morgan fingerprint density at radius 2 is 2.14 bits per heavy atom. The summed E-state index contributed by atoms with van der Waals surface area (Å²) < 4.78 is 1.88. The number of fused-ring (bicyclic) bond motifs is 4. The molecule has 0 unspecified atom stereocenters. The van der Waals surface area contributed by atoms with Gasteiger partial charge in [-0.3, -0.25) is 9.59 Å². The average molecular weight is 303 g/mol. The standard InChI is InChI=1S/C17H25N3O2/c1-3-11(2)16(18)17(22)19-8-12-7-13(10-19)14-5-4-6-15(21)20(14)9-12/h4-6,11-13,16H,3,7-10,18H2,1-2H3/t11-,12+,13-,16+/m1/s1. The Kier molecular flexibility index (Phi) is 4.08. The predicted molar refractivity (Wildman–Crippen MR) is 85.6 cm³/mol. The number of nitrogens with two attached hydrogens (primary N) is 1. The molecule has 1 aromatic heterocycles. The van der Waals surface area contributed by atoms with E-state index < -0.39 is 6.04 Å². The predicted octanol–water partition coefficient (Wildman–Crippen LogP) is 1.17. The zero-order chi connectivity index (χ0) is 15.9. The number of rotatable bonds is 3. The van der Waals surface area contributed by atoms with Gasteiger partial charge in [-0.2, -0.15) is 0 Å². The molecule has 0 aliphatic carbocycles. The van der Waals surface area contributed by atoms with Gasteiger partial charge in [0.05, 0.1) is 6.04 Å². The summed E-state index contributed by atoms with van der Waals surface area (Å²) in [7, 11) is 0. The lowest BCUT2D eigenvalue weighted by atomic mass is 9.82. The van der Waals surface area contributed by atoms with Crippen molar-refractivity contribution >= 4 is 5.91 Å². The third-order valence-corrected chi connectivity index (χ3v) is 5.33. The Balaban J connectivity index is 1.82. The van der Waals surface area contributed by atoms with Gasteiger partial charge in [-0.25, -0.2) is 0 Å². The van der Waals surface area contributed by atoms with Crippen LogP contribution in [0.15, 0.2) is 23.0 Å². The summed E-state index contributed by atoms with van der Waals surface area (Å²) in [5.74, 6) is 0.883. The molecule has 2 N–H and O–H groups in total. The highest BCUT2D eigenvalue weighted by Gasteiger charge is 2.37. The van der Waals surface area contributed by atoms with Crippen molar-refractivity contribution in [3.63, 3.8) is 0 Å². The molecular weight excluding hydrogens is 278 g/mol. The van der Waals surface area contributed by atoms with E-state index >= 15 is 0 Å². The third kappa shape index (κ3) is 2.58. The zero-order valence-electron chi connectivity index (χ0n) is 13.4. The lowest BCUT2D eigenvalue weighted by Gasteiger charge is -2.43. The highest BCUT2D eigenvalue weighted by atomic mass is 16.2. The number of hydrogen-bond donors (Lipinski definition) is 1. The molecule has 0 radical (unpaired) electrons. The number of hydrogen-bond acceptors (Lipinski definition) is 3. The van der Waals surface area contributed by atoms with Gasteiger partial charge in [0.1, 0.15) is 0 Å². The van der Waals surface area contributed by atoms with Gasteiger partial charge >= 0.3 is 0 Å². The summed E-state index contributed by atoms with van der Waals surface area (Å²) in [6, 6.07) is 5.04. The number of piperidine rings is 1. The Morgan fingerprint density at radius 3 is 2.86 bits per heavy atom. The normalized spacial score (nSPS) is 26.2. The van der Waals surface area contributed by atoms with Crippen LogP contribution in [0.3, 0.4) is 0 Å². The van der Waals surface area contributed by atoms with Gasteiger partial charge in [0.2, 0.25) is 5.91 Å². The van der Waals surface area contributed by atoms with Crippen LogP contribution in [0.25, 0.3) is 0 Å². The highest BCUT2D eigenvalue weighted by Crippen LogP contribution is 2.35. The largest absolute Gasteiger partial charge is 0.340 e. The second kappa shape index (κ2) is 5.88. The molecule has 5 nitrogen and oxygen atoms in total. The van der Waals surface area contributed by atoms with Crippen molar-refractivity contribution in [2.75, 3.05) is 13.1 Å². The molecule has 1 fully saturated rings. The molecule has 22 heavy (non-hydrogen) atoms. The molecule has 3 heterocycles. The van der Waals surface area contributed by atoms with E-state index in [4.69, 9.17) is 5.73 Å². The molecular formula is C17H25N3O2. The first-order chi connectivity index (χ1) is 10.5. The summed E-state index contributed by atoms with van der Waals surface area (Å²) in [6.07, 6.45) is 1.97. The van der Waals surface area contributed by atoms with Gasteiger partial charge in [0.25, 0.3) is 5.56 Å². The second-order valence-corrected chi connectivity index (χ2v) is 6.85. The van der Waals surface area contributed by atoms with Crippen LogP contribution in [0.1, 0.15) is 38.3 Å². The van der Waals surface area contributed by atoms with Crippen molar-refractivity contribution < 1.29 is 4.79 Å². The molecule has 2 aliphatic rings. The maximum absolute atomic E-state index is 12.6. The third-order valence-electron chi connectivity index (χ3n) is 5.33. The SMILES string of the molecule is CC[C@@H](C)[C@H](N)C(=O)N1C[C@@H]2C[C@H](C1)c1cccc(=O)n1C2. The van der Waals surface area contributed by atoms with Crippen molar-refractivity contribution in [1.82, 2.24) is 9.47 Å². The fourth-order valence-corrected chi connectivity index (χ4v) is 3.78. The molecule has 1 amide bonds. The van der Waals surface area contributed by atoms with Gasteiger partial charge < -0.3 is 15.2 Å². The monoisotopic (exact) mass is 303 g/mol. The van der Waals surface area contributed by atoms with E-state index in [9.17, 15) is 9.59 Å². The van der Waals surface area contributed by atoms with Crippen LogP contribution in [0.5, 0.6) is 0 Å². The van der Waals surface area contributed by atoms with Crippen LogP contribution < -0.4 is 11.3 Å². The fourth-order valence-electron chi connectivity index (χ4n) is 3.78. The lowest BCUT2D eigenvalue weighted by Crippen LogP contribution is -2.54. The first-order valence-electron chi connectivity index (χ1n) is 8.25. The Morgan fingerprint density at radius 1 is 1.36 bits per heavy atom. The van der Waals surface area contributed by atoms with E-state index in [0.717, 1.165) is 25.1 Å². The van der Waals surface area contributed by atoms with Gasteiger partial charge in [-0.15, -0.1) is 0 Å². The second-order valence-electron chi connectivity index (χ2n) is 6.85. The van der Waals surface area contributed by atoms with Gasteiger partial charge in [-0.05, 0) is 24.3 Å². The van der Waals surface area contributed by atoms with Crippen LogP contribution >= 0.6 is 0 Å². The summed E-state index contributed by atoms with van der Waals surface area (Å²) >= 11 is 0. The number of aromatic nitrogens is 1. The highest BCUT2D eigenvalue weighted by molar-refractivity contribution is 5.82. The number of likely N-dealkylation sites (tertiary alicyclic amines) is 1. The number of amides is 1. The Labute approximate surface area is 131 Å². The summed E-state index contributed by atoms with van der Waals surface area (Å²) in [4.78, 5) is 26.6. The van der Waals surface area contributed by atoms with E-state index in [-0.39, 0.29) is 23.3 Å². The lowest BCUT2D eigenvalue weighted by molar-refractivity contribution is -0.136. The number of carbonyl (C=O) groups is 1. The Bertz CT molecular complexity index is 625. The minimum absolute atomic E-state index is 0.0655. The number of pyridine rings is 1. The topological polar surface area (TPSA) is 68.3 Å². The first kappa shape index (κ1) is 15.3. The van der Waals surface area contributed by atoms with Crippen LogP contribution in [0.2, 0.25) is 0 Å². The molecule has 1 aromatic rings. The molecule has 120 valence electrons. The van der Waals surface area contributed by atoms with Crippen molar-refractivity contribution in [2.45, 2.75) is 45.2 Å². The molecule has 2 aliphatic heterocycles.